The second-order valence-corrected chi connectivity index (χ2v) is 4.26. The molecule has 0 saturated heterocycles. The van der Waals surface area contributed by atoms with Crippen molar-refractivity contribution in [1.29, 1.82) is 0 Å². The second kappa shape index (κ2) is 2.45. The van der Waals surface area contributed by atoms with E-state index in [1.165, 1.54) is 15.6 Å². The van der Waals surface area contributed by atoms with E-state index in [-0.39, 0.29) is 0 Å². The van der Waals surface area contributed by atoms with E-state index in [0.717, 1.165) is 6.42 Å². The molecule has 11 heavy (non-hydrogen) atoms. The first kappa shape index (κ1) is 7.04. The van der Waals surface area contributed by atoms with Crippen molar-refractivity contribution in [2.24, 2.45) is 0 Å². The molecule has 0 amide bonds. The van der Waals surface area contributed by atoms with Gasteiger partial charge in [-0.25, -0.2) is 4.98 Å². The molecule has 0 aliphatic heterocycles. The number of fused-ring (bicyclic) bond motifs is 1. The number of aryl methyl sites for hydroxylation is 1. The average molecular weight is 165 g/mol. The predicted octanol–water partition coefficient (Wildman–Crippen LogP) is 2.97. The van der Waals surface area contributed by atoms with Crippen molar-refractivity contribution >= 4 is 17.4 Å². The van der Waals surface area contributed by atoms with Crippen molar-refractivity contribution in [3.63, 3.8) is 0 Å². The molecule has 0 aromatic carbocycles. The van der Waals surface area contributed by atoms with Crippen molar-refractivity contribution in [3.8, 4) is 0 Å². The smallest absolute Gasteiger partial charge is 0.0903 e. The maximum absolute atomic E-state index is 4.50. The Morgan fingerprint density at radius 1 is 1.64 bits per heavy atom. The molecule has 0 N–H and O–H groups in total. The summed E-state index contributed by atoms with van der Waals surface area (Å²) in [6.45, 7) is 4.31. The third kappa shape index (κ3) is 1.11. The van der Waals surface area contributed by atoms with E-state index in [1.54, 1.807) is 11.3 Å². The quantitative estimate of drug-likeness (QED) is 0.576. The molecule has 0 radical (unpaired) electrons. The molecule has 1 unspecified atom stereocenters. The van der Waals surface area contributed by atoms with Gasteiger partial charge in [-0.1, -0.05) is 13.0 Å². The summed E-state index contributed by atoms with van der Waals surface area (Å²) >= 11 is 1.80. The molecule has 58 valence electrons. The molecular formula is C9H11NS. The van der Waals surface area contributed by atoms with Crippen LogP contribution in [-0.4, -0.2) is 4.98 Å². The minimum atomic E-state index is 0.625. The molecule has 2 rings (SSSR count). The lowest BCUT2D eigenvalue weighted by molar-refractivity contribution is 0.746. The van der Waals surface area contributed by atoms with Crippen LogP contribution in [0.3, 0.4) is 0 Å². The molecule has 0 spiro atoms. The number of allylic oxidation sites excluding steroid dienone is 1. The van der Waals surface area contributed by atoms with Gasteiger partial charge in [0.1, 0.15) is 0 Å². The van der Waals surface area contributed by atoms with Gasteiger partial charge >= 0.3 is 0 Å². The lowest BCUT2D eigenvalue weighted by Crippen LogP contribution is -1.97. The Morgan fingerprint density at radius 2 is 2.45 bits per heavy atom. The fraction of sp³-hybridized carbons (Fsp3) is 0.444. The van der Waals surface area contributed by atoms with Gasteiger partial charge in [0.15, 0.2) is 0 Å². The summed E-state index contributed by atoms with van der Waals surface area (Å²) in [7, 11) is 0. The van der Waals surface area contributed by atoms with E-state index >= 15 is 0 Å². The zero-order chi connectivity index (χ0) is 7.84. The first-order valence-electron chi connectivity index (χ1n) is 3.91. The molecule has 1 aliphatic rings. The largest absolute Gasteiger partial charge is 0.246 e. The Balaban J connectivity index is 2.53. The van der Waals surface area contributed by atoms with E-state index in [4.69, 9.17) is 0 Å². The topological polar surface area (TPSA) is 12.9 Å². The zero-order valence-corrected chi connectivity index (χ0v) is 7.61. The highest BCUT2D eigenvalue weighted by Crippen LogP contribution is 2.32. The average Bonchev–Trinajstić information content (AvgIpc) is 2.31. The minimum Gasteiger partial charge on any atom is -0.246 e. The number of nitrogens with zero attached hydrogens (tertiary/aromatic N) is 1. The van der Waals surface area contributed by atoms with Gasteiger partial charge in [-0.2, -0.15) is 0 Å². The molecule has 0 saturated carbocycles. The lowest BCUT2D eigenvalue weighted by atomic mass is 9.98. The van der Waals surface area contributed by atoms with Crippen LogP contribution in [0.25, 0.3) is 6.08 Å². The predicted molar refractivity (Wildman–Crippen MR) is 48.9 cm³/mol. The Bertz CT molecular complexity index is 299. The van der Waals surface area contributed by atoms with Crippen LogP contribution in [0.4, 0.5) is 0 Å². The monoisotopic (exact) mass is 165 g/mol. The summed E-state index contributed by atoms with van der Waals surface area (Å²) in [6.07, 6.45) is 5.58. The molecule has 1 heterocycles. The second-order valence-electron chi connectivity index (χ2n) is 3.02. The normalized spacial score (nSPS) is 21.8. The molecule has 1 aromatic heterocycles. The van der Waals surface area contributed by atoms with Crippen LogP contribution in [-0.2, 0) is 0 Å². The maximum atomic E-state index is 4.50. The number of rotatable bonds is 0. The van der Waals surface area contributed by atoms with Gasteiger partial charge in [0, 0.05) is 5.92 Å². The van der Waals surface area contributed by atoms with Crippen LogP contribution < -0.4 is 0 Å². The standard InChI is InChI=1S/C9H11NS/c1-6-4-3-5-8-9(6)10-7(2)11-8/h3,5-6H,4H2,1-2H3. The summed E-state index contributed by atoms with van der Waals surface area (Å²) in [6, 6.07) is 0. The van der Waals surface area contributed by atoms with Gasteiger partial charge in [-0.3, -0.25) is 0 Å². The van der Waals surface area contributed by atoms with Crippen molar-refractivity contribution in [2.75, 3.05) is 0 Å². The molecule has 1 aromatic rings. The number of aromatic nitrogens is 1. The van der Waals surface area contributed by atoms with Crippen LogP contribution in [0, 0.1) is 6.92 Å². The van der Waals surface area contributed by atoms with Crippen molar-refractivity contribution < 1.29 is 0 Å². The Kier molecular flexibility index (Phi) is 1.57. The highest BCUT2D eigenvalue weighted by molar-refractivity contribution is 7.12. The fourth-order valence-electron chi connectivity index (χ4n) is 1.42. The van der Waals surface area contributed by atoms with Gasteiger partial charge in [-0.15, -0.1) is 11.3 Å². The summed E-state index contributed by atoms with van der Waals surface area (Å²) in [5.41, 5.74) is 1.30. The lowest BCUT2D eigenvalue weighted by Gasteiger charge is -2.10. The van der Waals surface area contributed by atoms with Crippen LogP contribution >= 0.6 is 11.3 Å². The molecule has 0 bridgehead atoms. The molecule has 1 nitrogen and oxygen atoms in total. The van der Waals surface area contributed by atoms with E-state index in [2.05, 4.69) is 31.0 Å². The van der Waals surface area contributed by atoms with Gasteiger partial charge < -0.3 is 0 Å². The Morgan fingerprint density at radius 3 is 3.18 bits per heavy atom. The number of thiazole rings is 1. The molecule has 1 atom stereocenters. The Hall–Kier alpha value is -0.630. The Labute approximate surface area is 70.8 Å². The summed E-state index contributed by atoms with van der Waals surface area (Å²) < 4.78 is 0. The molecule has 0 fully saturated rings. The van der Waals surface area contributed by atoms with E-state index in [1.807, 2.05) is 0 Å². The van der Waals surface area contributed by atoms with Crippen LogP contribution in [0.1, 0.15) is 34.8 Å². The van der Waals surface area contributed by atoms with E-state index in [0.29, 0.717) is 5.92 Å². The van der Waals surface area contributed by atoms with Crippen LogP contribution in [0.5, 0.6) is 0 Å². The maximum Gasteiger partial charge on any atom is 0.0903 e. The summed E-state index contributed by atoms with van der Waals surface area (Å²) in [5, 5.41) is 1.19. The third-order valence-electron chi connectivity index (χ3n) is 2.01. The highest BCUT2D eigenvalue weighted by atomic mass is 32.1. The van der Waals surface area contributed by atoms with Crippen molar-refractivity contribution in [1.82, 2.24) is 4.98 Å². The number of hydrogen-bond donors (Lipinski definition) is 0. The summed E-state index contributed by atoms with van der Waals surface area (Å²) in [5.74, 6) is 0.625. The van der Waals surface area contributed by atoms with Crippen LogP contribution in [0.15, 0.2) is 6.08 Å². The van der Waals surface area contributed by atoms with Gasteiger partial charge in [0.2, 0.25) is 0 Å². The molecule has 1 aliphatic carbocycles. The van der Waals surface area contributed by atoms with Gasteiger partial charge in [0.25, 0.3) is 0 Å². The zero-order valence-electron chi connectivity index (χ0n) is 6.79. The minimum absolute atomic E-state index is 0.625. The van der Waals surface area contributed by atoms with Gasteiger partial charge in [0.05, 0.1) is 15.6 Å². The SMILES string of the molecule is Cc1nc2c(s1)C=CCC2C. The number of hydrogen-bond acceptors (Lipinski definition) is 2. The van der Waals surface area contributed by atoms with E-state index < -0.39 is 0 Å². The molecule has 2 heteroatoms. The van der Waals surface area contributed by atoms with Crippen molar-refractivity contribution in [3.05, 3.63) is 21.7 Å². The first-order chi connectivity index (χ1) is 5.27. The fourth-order valence-corrected chi connectivity index (χ4v) is 2.40. The van der Waals surface area contributed by atoms with Crippen molar-refractivity contribution in [2.45, 2.75) is 26.2 Å². The van der Waals surface area contributed by atoms with Gasteiger partial charge in [-0.05, 0) is 19.4 Å². The molecular weight excluding hydrogens is 154 g/mol. The summed E-state index contributed by atoms with van der Waals surface area (Å²) in [4.78, 5) is 5.86. The van der Waals surface area contributed by atoms with E-state index in [9.17, 15) is 0 Å². The highest BCUT2D eigenvalue weighted by Gasteiger charge is 2.15. The van der Waals surface area contributed by atoms with Crippen LogP contribution in [0.2, 0.25) is 0 Å². The third-order valence-corrected chi connectivity index (χ3v) is 2.97. The first-order valence-corrected chi connectivity index (χ1v) is 4.73.